The number of thioether (sulfide) groups is 1. The number of aromatic nitrogens is 4. The number of benzene rings is 2. The molecule has 7 heteroatoms. The van der Waals surface area contributed by atoms with Crippen LogP contribution in [0, 0.1) is 6.92 Å². The van der Waals surface area contributed by atoms with Crippen molar-refractivity contribution in [3.05, 3.63) is 70.7 Å². The maximum atomic E-state index is 5.86. The molecule has 2 aromatic carbocycles. The van der Waals surface area contributed by atoms with Gasteiger partial charge in [-0.25, -0.2) is 4.98 Å². The van der Waals surface area contributed by atoms with Gasteiger partial charge in [0.15, 0.2) is 5.16 Å². The van der Waals surface area contributed by atoms with Crippen LogP contribution in [0.25, 0.3) is 22.7 Å². The smallest absolute Gasteiger partial charge is 0.247 e. The summed E-state index contributed by atoms with van der Waals surface area (Å²) in [6.07, 6.45) is 1.84. The van der Waals surface area contributed by atoms with Crippen molar-refractivity contribution in [2.24, 2.45) is 0 Å². The number of aryl methyl sites for hydroxylation is 1. The Balaban J connectivity index is 1.47. The summed E-state index contributed by atoms with van der Waals surface area (Å²) in [5.74, 6) is 1.12. The minimum Gasteiger partial charge on any atom is -0.419 e. The van der Waals surface area contributed by atoms with E-state index in [0.717, 1.165) is 26.4 Å². The van der Waals surface area contributed by atoms with Crippen LogP contribution in [0.3, 0.4) is 0 Å². The molecule has 2 heterocycles. The molecule has 0 radical (unpaired) electrons. The molecule has 0 spiro atoms. The predicted octanol–water partition coefficient (Wildman–Crippen LogP) is 6.05. The zero-order chi connectivity index (χ0) is 18.8. The third-order valence-corrected chi connectivity index (χ3v) is 5.60. The normalized spacial score (nSPS) is 12.3. The van der Waals surface area contributed by atoms with Gasteiger partial charge in [0.05, 0.1) is 17.1 Å². The molecule has 5 nitrogen and oxygen atoms in total. The van der Waals surface area contributed by atoms with Gasteiger partial charge in [0.2, 0.25) is 11.8 Å². The molecule has 136 valence electrons. The lowest BCUT2D eigenvalue weighted by Crippen LogP contribution is -1.89. The summed E-state index contributed by atoms with van der Waals surface area (Å²) in [5, 5.41) is 9.18. The predicted molar refractivity (Wildman–Crippen MR) is 110 cm³/mol. The van der Waals surface area contributed by atoms with Crippen LogP contribution in [0.15, 0.2) is 68.8 Å². The second-order valence-corrected chi connectivity index (χ2v) is 8.43. The summed E-state index contributed by atoms with van der Waals surface area (Å²) in [7, 11) is 0. The van der Waals surface area contributed by atoms with Crippen molar-refractivity contribution in [1.29, 1.82) is 0 Å². The molecule has 0 aliphatic heterocycles. The number of H-pyrrole nitrogens is 1. The maximum absolute atomic E-state index is 5.86. The van der Waals surface area contributed by atoms with E-state index >= 15 is 0 Å². The van der Waals surface area contributed by atoms with Crippen LogP contribution in [0.2, 0.25) is 0 Å². The average Bonchev–Trinajstić information content (AvgIpc) is 3.33. The number of imidazole rings is 1. The number of nitrogens with zero attached hydrogens (tertiary/aromatic N) is 3. The van der Waals surface area contributed by atoms with Gasteiger partial charge in [0, 0.05) is 10.0 Å². The number of rotatable bonds is 5. The summed E-state index contributed by atoms with van der Waals surface area (Å²) in [6, 6.07) is 16.1. The molecule has 27 heavy (non-hydrogen) atoms. The number of nitrogens with one attached hydrogen (secondary N) is 1. The van der Waals surface area contributed by atoms with Gasteiger partial charge in [-0.05, 0) is 43.7 Å². The Morgan fingerprint density at radius 2 is 1.70 bits per heavy atom. The average molecular weight is 441 g/mol. The van der Waals surface area contributed by atoms with E-state index < -0.39 is 0 Å². The van der Waals surface area contributed by atoms with Crippen molar-refractivity contribution in [2.45, 2.75) is 24.3 Å². The van der Waals surface area contributed by atoms with Crippen molar-refractivity contribution < 1.29 is 4.42 Å². The SMILES string of the molecule is Cc1ccc(-c2nnc(C(C)Sc3ncc(-c4ccc(Br)cc4)[nH]3)o2)cc1. The van der Waals surface area contributed by atoms with Crippen molar-refractivity contribution in [2.75, 3.05) is 0 Å². The molecule has 2 aromatic heterocycles. The molecule has 1 atom stereocenters. The molecule has 0 amide bonds. The lowest BCUT2D eigenvalue weighted by Gasteiger charge is -2.03. The van der Waals surface area contributed by atoms with E-state index in [1.54, 1.807) is 11.8 Å². The molecule has 0 saturated heterocycles. The summed E-state index contributed by atoms with van der Waals surface area (Å²) < 4.78 is 6.91. The van der Waals surface area contributed by atoms with Gasteiger partial charge in [0.25, 0.3) is 0 Å². The fourth-order valence-electron chi connectivity index (χ4n) is 2.57. The number of halogens is 1. The highest BCUT2D eigenvalue weighted by Gasteiger charge is 2.18. The van der Waals surface area contributed by atoms with Crippen LogP contribution < -0.4 is 0 Å². The number of aromatic amines is 1. The van der Waals surface area contributed by atoms with E-state index in [1.165, 1.54) is 5.56 Å². The Hall–Kier alpha value is -2.38. The topological polar surface area (TPSA) is 67.6 Å². The molecular weight excluding hydrogens is 424 g/mol. The first-order chi connectivity index (χ1) is 13.1. The second-order valence-electron chi connectivity index (χ2n) is 6.18. The standard InChI is InChI=1S/C20H17BrN4OS/c1-12-3-5-15(6-4-12)19-25-24-18(26-19)13(2)27-20-22-11-17(23-20)14-7-9-16(21)10-8-14/h3-11,13H,1-2H3,(H,22,23). The zero-order valence-corrected chi connectivity index (χ0v) is 17.2. The largest absolute Gasteiger partial charge is 0.419 e. The zero-order valence-electron chi connectivity index (χ0n) is 14.8. The molecule has 0 aliphatic rings. The second kappa shape index (κ2) is 7.70. The first-order valence-corrected chi connectivity index (χ1v) is 10.1. The fourth-order valence-corrected chi connectivity index (χ4v) is 3.65. The van der Waals surface area contributed by atoms with Crippen LogP contribution in [-0.4, -0.2) is 20.2 Å². The summed E-state index contributed by atoms with van der Waals surface area (Å²) in [5.41, 5.74) is 4.18. The Morgan fingerprint density at radius 3 is 2.44 bits per heavy atom. The van der Waals surface area contributed by atoms with Gasteiger partial charge < -0.3 is 9.40 Å². The summed E-state index contributed by atoms with van der Waals surface area (Å²) >= 11 is 5.00. The lowest BCUT2D eigenvalue weighted by atomic mass is 10.1. The van der Waals surface area contributed by atoms with E-state index in [4.69, 9.17) is 4.42 Å². The molecule has 1 N–H and O–H groups in total. The van der Waals surface area contributed by atoms with E-state index in [2.05, 4.69) is 36.1 Å². The fraction of sp³-hybridized carbons (Fsp3) is 0.150. The molecule has 4 rings (SSSR count). The molecule has 0 fully saturated rings. The monoisotopic (exact) mass is 440 g/mol. The van der Waals surface area contributed by atoms with Crippen molar-refractivity contribution in [1.82, 2.24) is 20.2 Å². The molecule has 0 aliphatic carbocycles. The lowest BCUT2D eigenvalue weighted by molar-refractivity contribution is 0.509. The Kier molecular flexibility index (Phi) is 5.13. The van der Waals surface area contributed by atoms with E-state index in [0.29, 0.717) is 11.8 Å². The minimum absolute atomic E-state index is 0.0133. The summed E-state index contributed by atoms with van der Waals surface area (Å²) in [4.78, 5) is 7.80. The van der Waals surface area contributed by atoms with Crippen LogP contribution in [0.4, 0.5) is 0 Å². The van der Waals surface area contributed by atoms with Gasteiger partial charge in [-0.2, -0.15) is 0 Å². The molecule has 0 saturated carbocycles. The molecule has 4 aromatic rings. The number of hydrogen-bond donors (Lipinski definition) is 1. The van der Waals surface area contributed by atoms with Crippen LogP contribution in [0.5, 0.6) is 0 Å². The third-order valence-electron chi connectivity index (χ3n) is 4.08. The first-order valence-electron chi connectivity index (χ1n) is 8.46. The van der Waals surface area contributed by atoms with Gasteiger partial charge in [-0.3, -0.25) is 0 Å². The van der Waals surface area contributed by atoms with Crippen LogP contribution in [-0.2, 0) is 0 Å². The minimum atomic E-state index is -0.0133. The van der Waals surface area contributed by atoms with E-state index in [-0.39, 0.29) is 5.25 Å². The third kappa shape index (κ3) is 4.14. The van der Waals surface area contributed by atoms with Crippen LogP contribution in [0.1, 0.15) is 23.6 Å². The van der Waals surface area contributed by atoms with Gasteiger partial charge in [-0.1, -0.05) is 57.5 Å². The van der Waals surface area contributed by atoms with E-state index in [1.807, 2.05) is 68.6 Å². The van der Waals surface area contributed by atoms with Crippen molar-refractivity contribution in [3.8, 4) is 22.7 Å². The van der Waals surface area contributed by atoms with E-state index in [9.17, 15) is 0 Å². The highest BCUT2D eigenvalue weighted by atomic mass is 79.9. The molecule has 0 bridgehead atoms. The summed E-state index contributed by atoms with van der Waals surface area (Å²) in [6.45, 7) is 4.08. The Bertz CT molecular complexity index is 1040. The molecule has 1 unspecified atom stereocenters. The van der Waals surface area contributed by atoms with Crippen molar-refractivity contribution >= 4 is 27.7 Å². The van der Waals surface area contributed by atoms with Gasteiger partial charge >= 0.3 is 0 Å². The Labute approximate surface area is 169 Å². The van der Waals surface area contributed by atoms with Gasteiger partial charge in [-0.15, -0.1) is 10.2 Å². The first kappa shape index (κ1) is 18.0. The van der Waals surface area contributed by atoms with Gasteiger partial charge in [0.1, 0.15) is 0 Å². The maximum Gasteiger partial charge on any atom is 0.247 e. The molecular formula is C20H17BrN4OS. The quantitative estimate of drug-likeness (QED) is 0.382. The number of hydrogen-bond acceptors (Lipinski definition) is 5. The Morgan fingerprint density at radius 1 is 1.00 bits per heavy atom. The highest BCUT2D eigenvalue weighted by molar-refractivity contribution is 9.10. The van der Waals surface area contributed by atoms with Crippen LogP contribution >= 0.6 is 27.7 Å². The highest BCUT2D eigenvalue weighted by Crippen LogP contribution is 2.34. The van der Waals surface area contributed by atoms with Crippen molar-refractivity contribution in [3.63, 3.8) is 0 Å².